The third-order valence-electron chi connectivity index (χ3n) is 5.99. The van der Waals surface area contributed by atoms with E-state index in [-0.39, 0.29) is 17.5 Å². The van der Waals surface area contributed by atoms with Gasteiger partial charge in [0, 0.05) is 50.7 Å². The van der Waals surface area contributed by atoms with Crippen molar-refractivity contribution in [1.82, 2.24) is 14.3 Å². The predicted octanol–water partition coefficient (Wildman–Crippen LogP) is 3.87. The lowest BCUT2D eigenvalue weighted by molar-refractivity contribution is 0.0828. The van der Waals surface area contributed by atoms with Gasteiger partial charge >= 0.3 is 0 Å². The van der Waals surface area contributed by atoms with Gasteiger partial charge < -0.3 is 15.1 Å². The molecule has 1 saturated heterocycles. The first-order chi connectivity index (χ1) is 15.3. The average Bonchev–Trinajstić information content (AvgIpc) is 2.79. The normalized spacial score (nSPS) is 14.9. The van der Waals surface area contributed by atoms with Gasteiger partial charge in [-0.3, -0.25) is 14.0 Å². The molecule has 3 aromatic rings. The maximum Gasteiger partial charge on any atom is 0.259 e. The van der Waals surface area contributed by atoms with E-state index in [1.54, 1.807) is 29.5 Å². The number of piperidine rings is 1. The van der Waals surface area contributed by atoms with E-state index in [0.29, 0.717) is 11.2 Å². The molecular formula is C25H31N5O2. The van der Waals surface area contributed by atoms with Crippen molar-refractivity contribution in [2.45, 2.75) is 39.2 Å². The molecule has 1 aliphatic heterocycles. The van der Waals surface area contributed by atoms with Crippen molar-refractivity contribution in [3.63, 3.8) is 0 Å². The first kappa shape index (κ1) is 21.9. The lowest BCUT2D eigenvalue weighted by Crippen LogP contribution is -2.32. The van der Waals surface area contributed by atoms with E-state index in [0.717, 1.165) is 48.6 Å². The second kappa shape index (κ2) is 9.02. The highest BCUT2D eigenvalue weighted by Crippen LogP contribution is 2.27. The fourth-order valence-corrected chi connectivity index (χ4v) is 4.31. The molecule has 3 heterocycles. The molecule has 32 heavy (non-hydrogen) atoms. The first-order valence-corrected chi connectivity index (χ1v) is 11.2. The standard InChI is InChI=1S/C25H31N5O2/c1-17-14-20(18(2)26-21-11-7-6-10-19(21)25(32)28(3)4)24-27-22(15-23(31)30(24)16-17)29-12-8-5-9-13-29/h6-7,10-11,14-16,18,26H,5,8-9,12-13H2,1-4H3. The fraction of sp³-hybridized carbons (Fsp3) is 0.400. The molecule has 0 radical (unpaired) electrons. The number of fused-ring (bicyclic) bond motifs is 1. The molecule has 0 aliphatic carbocycles. The van der Waals surface area contributed by atoms with Crippen molar-refractivity contribution in [3.8, 4) is 0 Å². The van der Waals surface area contributed by atoms with Crippen LogP contribution in [0.3, 0.4) is 0 Å². The summed E-state index contributed by atoms with van der Waals surface area (Å²) in [6.07, 6.45) is 5.30. The van der Waals surface area contributed by atoms with E-state index in [9.17, 15) is 9.59 Å². The molecule has 0 saturated carbocycles. The smallest absolute Gasteiger partial charge is 0.259 e. The number of rotatable bonds is 5. The van der Waals surface area contributed by atoms with E-state index in [2.05, 4.69) is 16.3 Å². The number of nitrogens with zero attached hydrogens (tertiary/aromatic N) is 4. The summed E-state index contributed by atoms with van der Waals surface area (Å²) in [5, 5.41) is 3.48. The number of hydrogen-bond acceptors (Lipinski definition) is 5. The van der Waals surface area contributed by atoms with E-state index < -0.39 is 0 Å². The molecule has 7 heteroatoms. The number of nitrogens with one attached hydrogen (secondary N) is 1. The molecule has 168 valence electrons. The van der Waals surface area contributed by atoms with E-state index in [4.69, 9.17) is 4.98 Å². The van der Waals surface area contributed by atoms with Gasteiger partial charge in [-0.25, -0.2) is 4.98 Å². The van der Waals surface area contributed by atoms with Gasteiger partial charge in [-0.2, -0.15) is 0 Å². The van der Waals surface area contributed by atoms with Crippen LogP contribution < -0.4 is 15.8 Å². The number of hydrogen-bond donors (Lipinski definition) is 1. The third-order valence-corrected chi connectivity index (χ3v) is 5.99. The molecule has 1 aromatic carbocycles. The van der Waals surface area contributed by atoms with Crippen LogP contribution in [0.4, 0.5) is 11.5 Å². The summed E-state index contributed by atoms with van der Waals surface area (Å²) in [7, 11) is 3.49. The zero-order chi connectivity index (χ0) is 22.8. The second-order valence-electron chi connectivity index (χ2n) is 8.78. The van der Waals surface area contributed by atoms with Crippen molar-refractivity contribution in [3.05, 3.63) is 69.6 Å². The minimum absolute atomic E-state index is 0.0591. The number of para-hydroxylation sites is 1. The Labute approximate surface area is 188 Å². The summed E-state index contributed by atoms with van der Waals surface area (Å²) in [4.78, 5) is 34.3. The lowest BCUT2D eigenvalue weighted by Gasteiger charge is -2.28. The van der Waals surface area contributed by atoms with Crippen molar-refractivity contribution in [2.75, 3.05) is 37.4 Å². The number of carbonyl (C=O) groups is 1. The Kier molecular flexibility index (Phi) is 6.17. The molecule has 1 N–H and O–H groups in total. The summed E-state index contributed by atoms with van der Waals surface area (Å²) < 4.78 is 1.63. The topological polar surface area (TPSA) is 70.0 Å². The molecule has 0 bridgehead atoms. The monoisotopic (exact) mass is 433 g/mol. The lowest BCUT2D eigenvalue weighted by atomic mass is 10.1. The van der Waals surface area contributed by atoms with E-state index in [1.165, 1.54) is 6.42 Å². The van der Waals surface area contributed by atoms with Gasteiger partial charge in [-0.05, 0) is 56.9 Å². The SMILES string of the molecule is Cc1cc(C(C)Nc2ccccc2C(=O)N(C)C)c2nc(N3CCCCC3)cc(=O)n2c1. The Hall–Kier alpha value is -3.35. The quantitative estimate of drug-likeness (QED) is 0.662. The molecular weight excluding hydrogens is 402 g/mol. The van der Waals surface area contributed by atoms with Gasteiger partial charge in [0.1, 0.15) is 11.5 Å². The number of pyridine rings is 1. The molecule has 1 fully saturated rings. The van der Waals surface area contributed by atoms with E-state index in [1.807, 2.05) is 44.3 Å². The maximum atomic E-state index is 13.0. The van der Waals surface area contributed by atoms with Crippen LogP contribution in [0.5, 0.6) is 0 Å². The molecule has 1 amide bonds. The van der Waals surface area contributed by atoms with Gasteiger partial charge in [-0.1, -0.05) is 12.1 Å². The first-order valence-electron chi connectivity index (χ1n) is 11.2. The summed E-state index contributed by atoms with van der Waals surface area (Å²) in [5.41, 5.74) is 3.85. The summed E-state index contributed by atoms with van der Waals surface area (Å²) in [5.74, 6) is 0.686. The van der Waals surface area contributed by atoms with Gasteiger partial charge in [0.05, 0.1) is 11.6 Å². The molecule has 4 rings (SSSR count). The third kappa shape index (κ3) is 4.33. The predicted molar refractivity (Wildman–Crippen MR) is 129 cm³/mol. The van der Waals surface area contributed by atoms with Crippen LogP contribution >= 0.6 is 0 Å². The summed E-state index contributed by atoms with van der Waals surface area (Å²) >= 11 is 0. The van der Waals surface area contributed by atoms with Crippen LogP contribution in [0.1, 0.15) is 53.7 Å². The number of aromatic nitrogens is 2. The largest absolute Gasteiger partial charge is 0.378 e. The van der Waals surface area contributed by atoms with Crippen LogP contribution in [-0.4, -0.2) is 47.4 Å². The average molecular weight is 434 g/mol. The Morgan fingerprint density at radius 3 is 2.56 bits per heavy atom. The Bertz CT molecular complexity index is 1190. The van der Waals surface area contributed by atoms with Gasteiger partial charge in [0.15, 0.2) is 0 Å². The second-order valence-corrected chi connectivity index (χ2v) is 8.78. The highest BCUT2D eigenvalue weighted by Gasteiger charge is 2.20. The molecule has 1 atom stereocenters. The highest BCUT2D eigenvalue weighted by molar-refractivity contribution is 5.99. The minimum Gasteiger partial charge on any atom is -0.378 e. The highest BCUT2D eigenvalue weighted by atomic mass is 16.2. The van der Waals surface area contributed by atoms with Crippen LogP contribution in [0.25, 0.3) is 5.65 Å². The summed E-state index contributed by atoms with van der Waals surface area (Å²) in [6, 6.07) is 11.0. The molecule has 1 aliphatic rings. The summed E-state index contributed by atoms with van der Waals surface area (Å²) in [6.45, 7) is 5.87. The van der Waals surface area contributed by atoms with Crippen molar-refractivity contribution in [2.24, 2.45) is 0 Å². The van der Waals surface area contributed by atoms with Crippen LogP contribution in [0.15, 0.2) is 47.4 Å². The Morgan fingerprint density at radius 1 is 1.12 bits per heavy atom. The van der Waals surface area contributed by atoms with Crippen molar-refractivity contribution < 1.29 is 4.79 Å². The van der Waals surface area contributed by atoms with Gasteiger partial charge in [-0.15, -0.1) is 0 Å². The zero-order valence-electron chi connectivity index (χ0n) is 19.3. The van der Waals surface area contributed by atoms with Crippen molar-refractivity contribution in [1.29, 1.82) is 0 Å². The van der Waals surface area contributed by atoms with Crippen molar-refractivity contribution >= 4 is 23.1 Å². The molecule has 0 spiro atoms. The number of amides is 1. The Morgan fingerprint density at radius 2 is 1.84 bits per heavy atom. The maximum absolute atomic E-state index is 13.0. The Balaban J connectivity index is 1.76. The number of benzene rings is 1. The molecule has 2 aromatic heterocycles. The number of carbonyl (C=O) groups excluding carboxylic acids is 1. The van der Waals surface area contributed by atoms with Crippen LogP contribution in [0, 0.1) is 6.92 Å². The number of aryl methyl sites for hydroxylation is 1. The molecule has 7 nitrogen and oxygen atoms in total. The van der Waals surface area contributed by atoms with Crippen LogP contribution in [-0.2, 0) is 0 Å². The van der Waals surface area contributed by atoms with E-state index >= 15 is 0 Å². The van der Waals surface area contributed by atoms with Crippen LogP contribution in [0.2, 0.25) is 0 Å². The molecule has 1 unspecified atom stereocenters. The number of anilines is 2. The van der Waals surface area contributed by atoms with Gasteiger partial charge in [0.25, 0.3) is 11.5 Å². The fourth-order valence-electron chi connectivity index (χ4n) is 4.31. The zero-order valence-corrected chi connectivity index (χ0v) is 19.3. The van der Waals surface area contributed by atoms with Gasteiger partial charge in [0.2, 0.25) is 0 Å². The minimum atomic E-state index is -0.162.